The molecule has 2 N–H and O–H groups in total. The van der Waals surface area contributed by atoms with Crippen molar-refractivity contribution in [3.63, 3.8) is 0 Å². The van der Waals surface area contributed by atoms with Crippen LogP contribution in [0.15, 0.2) is 30.3 Å². The van der Waals surface area contributed by atoms with Crippen molar-refractivity contribution in [2.75, 3.05) is 17.2 Å². The van der Waals surface area contributed by atoms with E-state index >= 15 is 0 Å². The molecule has 1 amide bonds. The van der Waals surface area contributed by atoms with E-state index in [-0.39, 0.29) is 5.91 Å². The average molecular weight is 286 g/mol. The van der Waals surface area contributed by atoms with Gasteiger partial charge in [0, 0.05) is 13.1 Å². The maximum atomic E-state index is 12.8. The molecule has 1 aromatic heterocycles. The molecule has 0 spiro atoms. The second-order valence-corrected chi connectivity index (χ2v) is 4.80. The number of aromatic nitrogens is 2. The smallest absolute Gasteiger partial charge is 0.276 e. The van der Waals surface area contributed by atoms with Crippen molar-refractivity contribution < 1.29 is 4.79 Å². The van der Waals surface area contributed by atoms with E-state index in [1.807, 2.05) is 45.0 Å². The van der Waals surface area contributed by atoms with Crippen LogP contribution in [-0.2, 0) is 13.0 Å². The van der Waals surface area contributed by atoms with Crippen molar-refractivity contribution in [1.82, 2.24) is 9.78 Å². The van der Waals surface area contributed by atoms with Gasteiger partial charge in [0.25, 0.3) is 5.91 Å². The molecule has 0 atom stereocenters. The summed E-state index contributed by atoms with van der Waals surface area (Å²) in [5, 5.41) is 4.44. The molecule has 0 saturated carbocycles. The number of nitrogens with zero attached hydrogens (tertiary/aromatic N) is 3. The van der Waals surface area contributed by atoms with Crippen LogP contribution in [0.5, 0.6) is 0 Å². The molecule has 0 unspecified atom stereocenters. The number of nitrogen functional groups attached to an aromatic ring is 1. The van der Waals surface area contributed by atoms with Gasteiger partial charge in [-0.1, -0.05) is 19.1 Å². The molecule has 0 aliphatic heterocycles. The summed E-state index contributed by atoms with van der Waals surface area (Å²) < 4.78 is 1.75. The number of hydrogen-bond acceptors (Lipinski definition) is 3. The minimum Gasteiger partial charge on any atom is -0.397 e. The topological polar surface area (TPSA) is 64.2 Å². The summed E-state index contributed by atoms with van der Waals surface area (Å²) in [5.74, 6) is -0.0653. The SMILES string of the molecule is CCc1cc(C(=O)N(CC)c2ccccc2N)n(CC)n1. The molecule has 0 fully saturated rings. The number of nitrogens with two attached hydrogens (primary N) is 1. The minimum atomic E-state index is -0.0653. The van der Waals surface area contributed by atoms with Gasteiger partial charge in [0.2, 0.25) is 0 Å². The molecule has 0 bridgehead atoms. The number of hydrogen-bond donors (Lipinski definition) is 1. The third-order valence-corrected chi connectivity index (χ3v) is 3.50. The van der Waals surface area contributed by atoms with Gasteiger partial charge in [-0.15, -0.1) is 0 Å². The molecule has 5 nitrogen and oxygen atoms in total. The van der Waals surface area contributed by atoms with Crippen molar-refractivity contribution in [1.29, 1.82) is 0 Å². The quantitative estimate of drug-likeness (QED) is 0.859. The molecule has 0 aliphatic carbocycles. The molecular formula is C16H22N4O. The van der Waals surface area contributed by atoms with E-state index in [2.05, 4.69) is 5.10 Å². The zero-order valence-electron chi connectivity index (χ0n) is 12.8. The number of carbonyl (C=O) groups excluding carboxylic acids is 1. The van der Waals surface area contributed by atoms with Crippen LogP contribution in [0.2, 0.25) is 0 Å². The summed E-state index contributed by atoms with van der Waals surface area (Å²) >= 11 is 0. The lowest BCUT2D eigenvalue weighted by Gasteiger charge is -2.22. The van der Waals surface area contributed by atoms with Gasteiger partial charge in [-0.3, -0.25) is 9.48 Å². The van der Waals surface area contributed by atoms with Gasteiger partial charge in [-0.05, 0) is 38.5 Å². The lowest BCUT2D eigenvalue weighted by atomic mass is 10.2. The third-order valence-electron chi connectivity index (χ3n) is 3.50. The van der Waals surface area contributed by atoms with Gasteiger partial charge in [-0.2, -0.15) is 5.10 Å². The lowest BCUT2D eigenvalue weighted by Crippen LogP contribution is -2.33. The number of carbonyl (C=O) groups is 1. The van der Waals surface area contributed by atoms with E-state index < -0.39 is 0 Å². The van der Waals surface area contributed by atoms with Gasteiger partial charge in [0.05, 0.1) is 17.1 Å². The minimum absolute atomic E-state index is 0.0653. The molecule has 2 rings (SSSR count). The van der Waals surface area contributed by atoms with Crippen molar-refractivity contribution in [3.8, 4) is 0 Å². The molecule has 0 radical (unpaired) electrons. The third kappa shape index (κ3) is 2.91. The second kappa shape index (κ2) is 6.43. The van der Waals surface area contributed by atoms with Crippen LogP contribution >= 0.6 is 0 Å². The summed E-state index contributed by atoms with van der Waals surface area (Å²) in [6.07, 6.45) is 0.812. The molecule has 1 heterocycles. The van der Waals surface area contributed by atoms with Gasteiger partial charge in [0.1, 0.15) is 5.69 Å². The van der Waals surface area contributed by atoms with E-state index in [1.165, 1.54) is 0 Å². The summed E-state index contributed by atoms with van der Waals surface area (Å²) in [6.45, 7) is 7.18. The van der Waals surface area contributed by atoms with Gasteiger partial charge < -0.3 is 10.6 Å². The zero-order valence-corrected chi connectivity index (χ0v) is 12.8. The highest BCUT2D eigenvalue weighted by molar-refractivity contribution is 6.06. The molecular weight excluding hydrogens is 264 g/mol. The lowest BCUT2D eigenvalue weighted by molar-refractivity contribution is 0.0978. The van der Waals surface area contributed by atoms with E-state index in [4.69, 9.17) is 5.73 Å². The fraction of sp³-hybridized carbons (Fsp3) is 0.375. The Morgan fingerprint density at radius 1 is 1.29 bits per heavy atom. The van der Waals surface area contributed by atoms with Crippen LogP contribution in [0.3, 0.4) is 0 Å². The Hall–Kier alpha value is -2.30. The van der Waals surface area contributed by atoms with E-state index in [1.54, 1.807) is 15.6 Å². The molecule has 2 aromatic rings. The Bertz CT molecular complexity index is 633. The predicted octanol–water partition coefficient (Wildman–Crippen LogP) is 2.71. The predicted molar refractivity (Wildman–Crippen MR) is 85.5 cm³/mol. The fourth-order valence-corrected chi connectivity index (χ4v) is 2.35. The molecule has 0 aliphatic rings. The highest BCUT2D eigenvalue weighted by Gasteiger charge is 2.22. The van der Waals surface area contributed by atoms with E-state index in [9.17, 15) is 4.79 Å². The molecule has 21 heavy (non-hydrogen) atoms. The maximum Gasteiger partial charge on any atom is 0.276 e. The van der Waals surface area contributed by atoms with Crippen LogP contribution in [0, 0.1) is 0 Å². The summed E-state index contributed by atoms with van der Waals surface area (Å²) in [6, 6.07) is 9.29. The van der Waals surface area contributed by atoms with Crippen LogP contribution < -0.4 is 10.6 Å². The monoisotopic (exact) mass is 286 g/mol. The molecule has 112 valence electrons. The first-order valence-corrected chi connectivity index (χ1v) is 7.35. The first-order valence-electron chi connectivity index (χ1n) is 7.35. The first-order chi connectivity index (χ1) is 10.1. The number of aryl methyl sites for hydroxylation is 2. The van der Waals surface area contributed by atoms with Gasteiger partial charge in [0.15, 0.2) is 0 Å². The van der Waals surface area contributed by atoms with Gasteiger partial charge >= 0.3 is 0 Å². The van der Waals surface area contributed by atoms with Crippen molar-refractivity contribution in [2.45, 2.75) is 33.7 Å². The van der Waals surface area contributed by atoms with E-state index in [0.717, 1.165) is 17.8 Å². The number of para-hydroxylation sites is 2. The summed E-state index contributed by atoms with van der Waals surface area (Å²) in [4.78, 5) is 14.5. The Morgan fingerprint density at radius 3 is 2.57 bits per heavy atom. The van der Waals surface area contributed by atoms with Crippen molar-refractivity contribution in [3.05, 3.63) is 41.7 Å². The Kier molecular flexibility index (Phi) is 4.62. The Balaban J connectivity index is 2.41. The summed E-state index contributed by atoms with van der Waals surface area (Å²) in [7, 11) is 0. The average Bonchev–Trinajstić information content (AvgIpc) is 2.93. The van der Waals surface area contributed by atoms with Crippen LogP contribution in [0.4, 0.5) is 11.4 Å². The Morgan fingerprint density at radius 2 is 2.00 bits per heavy atom. The maximum absolute atomic E-state index is 12.8. The second-order valence-electron chi connectivity index (χ2n) is 4.80. The van der Waals surface area contributed by atoms with Gasteiger partial charge in [-0.25, -0.2) is 0 Å². The van der Waals surface area contributed by atoms with Crippen molar-refractivity contribution in [2.24, 2.45) is 0 Å². The molecule has 1 aromatic carbocycles. The fourth-order valence-electron chi connectivity index (χ4n) is 2.35. The number of anilines is 2. The first kappa shape index (κ1) is 15.1. The highest BCUT2D eigenvalue weighted by Crippen LogP contribution is 2.24. The molecule has 5 heteroatoms. The Labute approximate surface area is 125 Å². The van der Waals surface area contributed by atoms with E-state index in [0.29, 0.717) is 24.5 Å². The van der Waals surface area contributed by atoms with Crippen molar-refractivity contribution >= 4 is 17.3 Å². The van der Waals surface area contributed by atoms with Crippen LogP contribution in [-0.4, -0.2) is 22.2 Å². The molecule has 0 saturated heterocycles. The normalized spacial score (nSPS) is 10.6. The zero-order chi connectivity index (χ0) is 15.4. The van der Waals surface area contributed by atoms with Crippen LogP contribution in [0.1, 0.15) is 37.0 Å². The van der Waals surface area contributed by atoms with Crippen LogP contribution in [0.25, 0.3) is 0 Å². The number of benzene rings is 1. The standard InChI is InChI=1S/C16H22N4O/c1-4-12-11-15(20(6-3)18-12)16(21)19(5-2)14-10-8-7-9-13(14)17/h7-11H,4-6,17H2,1-3H3. The number of rotatable bonds is 5. The highest BCUT2D eigenvalue weighted by atomic mass is 16.2. The largest absolute Gasteiger partial charge is 0.397 e. The number of amides is 1. The summed E-state index contributed by atoms with van der Waals surface area (Å²) in [5.41, 5.74) is 8.88.